The first kappa shape index (κ1) is 30.8. The summed E-state index contributed by atoms with van der Waals surface area (Å²) in [5.74, 6) is 0. The molecule has 0 spiro atoms. The van der Waals surface area contributed by atoms with E-state index in [1.165, 1.54) is 57.0 Å². The number of anilines is 1. The summed E-state index contributed by atoms with van der Waals surface area (Å²) < 4.78 is 35.0. The SMILES string of the molecule is CCCC[n+]1c(C=Cc2ccc(N(C)C)cc2)sc2cc(C)ccc21.Cc1ccc(S(=O)(=O)[O-])cc1.[V]. The summed E-state index contributed by atoms with van der Waals surface area (Å²) in [6, 6.07) is 21.2. The first-order chi connectivity index (χ1) is 17.1. The van der Waals surface area contributed by atoms with Crippen LogP contribution >= 0.6 is 11.3 Å². The monoisotopic (exact) mass is 573 g/mol. The summed E-state index contributed by atoms with van der Waals surface area (Å²) in [6.07, 6.45) is 6.91. The topological polar surface area (TPSA) is 64.3 Å². The molecular weight excluding hydrogens is 539 g/mol. The fraction of sp³-hybridized carbons (Fsp3) is 0.276. The number of aromatic nitrogens is 1. The van der Waals surface area contributed by atoms with Crippen molar-refractivity contribution in [3.05, 3.63) is 88.4 Å². The van der Waals surface area contributed by atoms with Crippen LogP contribution in [0.5, 0.6) is 0 Å². The predicted octanol–water partition coefficient (Wildman–Crippen LogP) is 6.43. The van der Waals surface area contributed by atoms with E-state index >= 15 is 0 Å². The molecule has 0 N–H and O–H groups in total. The molecule has 3 aromatic carbocycles. The molecule has 0 saturated carbocycles. The zero-order valence-electron chi connectivity index (χ0n) is 22.0. The quantitative estimate of drug-likeness (QED) is 0.189. The number of benzene rings is 3. The molecule has 8 heteroatoms. The number of thiazole rings is 1. The Balaban J connectivity index is 0.000000339. The fourth-order valence-corrected chi connectivity index (χ4v) is 5.30. The molecule has 1 radical (unpaired) electrons. The van der Waals surface area contributed by atoms with E-state index in [-0.39, 0.29) is 23.5 Å². The third-order valence-electron chi connectivity index (χ3n) is 5.76. The van der Waals surface area contributed by atoms with Crippen molar-refractivity contribution in [3.8, 4) is 0 Å². The zero-order chi connectivity index (χ0) is 26.3. The smallest absolute Gasteiger partial charge is 0.262 e. The minimum absolute atomic E-state index is 0. The minimum Gasteiger partial charge on any atom is -0.744 e. The molecule has 0 fully saturated rings. The number of aryl methyl sites for hydroxylation is 3. The van der Waals surface area contributed by atoms with Gasteiger partial charge in [0.1, 0.15) is 14.8 Å². The number of nitrogens with zero attached hydrogens (tertiary/aromatic N) is 2. The molecule has 4 aromatic rings. The van der Waals surface area contributed by atoms with E-state index in [4.69, 9.17) is 0 Å². The van der Waals surface area contributed by atoms with Crippen LogP contribution in [0.15, 0.2) is 71.6 Å². The molecule has 0 bridgehead atoms. The van der Waals surface area contributed by atoms with Crippen molar-refractivity contribution in [2.75, 3.05) is 19.0 Å². The zero-order valence-corrected chi connectivity index (χ0v) is 25.0. The first-order valence-electron chi connectivity index (χ1n) is 12.0. The number of rotatable bonds is 7. The summed E-state index contributed by atoms with van der Waals surface area (Å²) >= 11 is 1.88. The molecule has 195 valence electrons. The van der Waals surface area contributed by atoms with Gasteiger partial charge in [-0.15, -0.1) is 0 Å². The van der Waals surface area contributed by atoms with E-state index in [9.17, 15) is 13.0 Å². The second kappa shape index (κ2) is 13.9. The van der Waals surface area contributed by atoms with E-state index in [1.807, 2.05) is 18.3 Å². The first-order valence-corrected chi connectivity index (χ1v) is 14.2. The van der Waals surface area contributed by atoms with Crippen LogP contribution in [0.3, 0.4) is 0 Å². The minimum atomic E-state index is -4.27. The van der Waals surface area contributed by atoms with Gasteiger partial charge in [-0.1, -0.05) is 60.6 Å². The van der Waals surface area contributed by atoms with Crippen molar-refractivity contribution in [1.82, 2.24) is 0 Å². The predicted molar refractivity (Wildman–Crippen MR) is 151 cm³/mol. The van der Waals surface area contributed by atoms with Crippen molar-refractivity contribution in [2.24, 2.45) is 0 Å². The molecule has 4 rings (SSSR count). The number of hydrogen-bond donors (Lipinski definition) is 0. The van der Waals surface area contributed by atoms with Gasteiger partial charge in [-0.2, -0.15) is 4.57 Å². The van der Waals surface area contributed by atoms with Gasteiger partial charge in [0.05, 0.1) is 4.90 Å². The van der Waals surface area contributed by atoms with E-state index in [0.717, 1.165) is 12.1 Å². The molecule has 5 nitrogen and oxygen atoms in total. The second-order valence-corrected chi connectivity index (χ2v) is 11.4. The molecule has 0 aliphatic carbocycles. The maximum atomic E-state index is 10.4. The molecule has 0 atom stereocenters. The Bertz CT molecular complexity index is 1430. The van der Waals surface area contributed by atoms with Crippen LogP contribution in [0, 0.1) is 13.8 Å². The Morgan fingerprint density at radius 1 is 0.919 bits per heavy atom. The number of unbranched alkanes of at least 4 members (excludes halogenated alkanes) is 1. The van der Waals surface area contributed by atoms with Crippen molar-refractivity contribution >= 4 is 49.5 Å². The van der Waals surface area contributed by atoms with Gasteiger partial charge in [0.15, 0.2) is 6.54 Å². The van der Waals surface area contributed by atoms with E-state index < -0.39 is 10.1 Å². The summed E-state index contributed by atoms with van der Waals surface area (Å²) in [7, 11) is -0.129. The van der Waals surface area contributed by atoms with Crippen molar-refractivity contribution in [2.45, 2.75) is 45.1 Å². The molecule has 0 unspecified atom stereocenters. The molecule has 0 saturated heterocycles. The molecule has 1 aromatic heterocycles. The van der Waals surface area contributed by atoms with Crippen LogP contribution in [0.25, 0.3) is 22.4 Å². The maximum Gasteiger partial charge on any atom is 0.262 e. The van der Waals surface area contributed by atoms with Crippen molar-refractivity contribution in [3.63, 3.8) is 0 Å². The summed E-state index contributed by atoms with van der Waals surface area (Å²) in [5.41, 5.74) is 6.07. The molecule has 0 aliphatic heterocycles. The van der Waals surface area contributed by atoms with Crippen LogP contribution in [-0.4, -0.2) is 27.1 Å². The van der Waals surface area contributed by atoms with Crippen LogP contribution < -0.4 is 9.47 Å². The average Bonchev–Trinajstić information content (AvgIpc) is 3.18. The van der Waals surface area contributed by atoms with Crippen LogP contribution in [0.4, 0.5) is 5.69 Å². The Morgan fingerprint density at radius 2 is 1.54 bits per heavy atom. The third kappa shape index (κ3) is 8.83. The van der Waals surface area contributed by atoms with Gasteiger partial charge < -0.3 is 9.45 Å². The van der Waals surface area contributed by atoms with E-state index in [0.29, 0.717) is 0 Å². The number of fused-ring (bicyclic) bond motifs is 1. The van der Waals surface area contributed by atoms with Gasteiger partial charge in [-0.25, -0.2) is 8.42 Å². The largest absolute Gasteiger partial charge is 0.744 e. The normalized spacial score (nSPS) is 11.2. The third-order valence-corrected chi connectivity index (χ3v) is 7.72. The van der Waals surface area contributed by atoms with Gasteiger partial charge in [0, 0.05) is 56.9 Å². The number of hydrogen-bond acceptors (Lipinski definition) is 5. The summed E-state index contributed by atoms with van der Waals surface area (Å²) in [4.78, 5) is 1.95. The molecular formula is C29H34N2O3S2V. The second-order valence-electron chi connectivity index (χ2n) is 9.00. The van der Waals surface area contributed by atoms with Gasteiger partial charge >= 0.3 is 0 Å². The fourth-order valence-electron chi connectivity index (χ4n) is 3.64. The maximum absolute atomic E-state index is 10.4. The van der Waals surface area contributed by atoms with Crippen LogP contribution in [-0.2, 0) is 35.2 Å². The van der Waals surface area contributed by atoms with Crippen LogP contribution in [0.2, 0.25) is 0 Å². The molecule has 0 aliphatic rings. The molecule has 0 amide bonds. The molecule has 1 heterocycles. The summed E-state index contributed by atoms with van der Waals surface area (Å²) in [6.45, 7) is 7.32. The van der Waals surface area contributed by atoms with Gasteiger partial charge in [0.2, 0.25) is 5.52 Å². The van der Waals surface area contributed by atoms with Gasteiger partial charge in [-0.05, 0) is 61.4 Å². The van der Waals surface area contributed by atoms with E-state index in [1.54, 1.807) is 12.1 Å². The Morgan fingerprint density at radius 3 is 2.11 bits per heavy atom. The van der Waals surface area contributed by atoms with E-state index in [2.05, 4.69) is 92.0 Å². The van der Waals surface area contributed by atoms with Crippen molar-refractivity contribution < 1.29 is 36.1 Å². The summed E-state index contributed by atoms with van der Waals surface area (Å²) in [5, 5.41) is 1.32. The van der Waals surface area contributed by atoms with Crippen molar-refractivity contribution in [1.29, 1.82) is 0 Å². The van der Waals surface area contributed by atoms with Crippen LogP contribution in [0.1, 0.15) is 41.5 Å². The standard InChI is InChI=1S/C22H27N2S.C7H8O3S.V/c1-5-6-15-24-20-13-7-17(2)16-21(20)25-22(24)14-10-18-8-11-19(12-9-18)23(3)4;1-6-2-4-7(5-3-6)11(8,9)10;/h7-14,16H,5-6,15H2,1-4H3;2-5H,1H3,(H,8,9,10);/q+1;;/p-1. The Labute approximate surface area is 237 Å². The molecule has 37 heavy (non-hydrogen) atoms. The average molecular weight is 574 g/mol. The van der Waals surface area contributed by atoms with Gasteiger partial charge in [0.25, 0.3) is 5.01 Å². The Hall–Kier alpha value is -2.42. The Kier molecular flexibility index (Phi) is 11.6. The van der Waals surface area contributed by atoms with Gasteiger partial charge in [-0.3, -0.25) is 0 Å².